The summed E-state index contributed by atoms with van der Waals surface area (Å²) in [4.78, 5) is 14.3. The molecule has 0 aliphatic carbocycles. The highest BCUT2D eigenvalue weighted by Crippen LogP contribution is 2.09. The van der Waals surface area contributed by atoms with E-state index in [4.69, 9.17) is 0 Å². The highest BCUT2D eigenvalue weighted by molar-refractivity contribution is 6.08. The van der Waals surface area contributed by atoms with E-state index in [0.29, 0.717) is 5.70 Å². The predicted molar refractivity (Wildman–Crippen MR) is 44.4 cm³/mol. The Morgan fingerprint density at radius 2 is 2.36 bits per heavy atom. The quantitative estimate of drug-likeness (QED) is 0.557. The van der Waals surface area contributed by atoms with Crippen molar-refractivity contribution in [1.29, 1.82) is 0 Å². The molecule has 11 heavy (non-hydrogen) atoms. The number of nitrogens with zero attached hydrogens (tertiary/aromatic N) is 1. The molecule has 0 fully saturated rings. The fraction of sp³-hybridized carbons (Fsp3) is 0.250. The first kappa shape index (κ1) is 7.72. The van der Waals surface area contributed by atoms with Gasteiger partial charge in [0.1, 0.15) is 5.84 Å². The van der Waals surface area contributed by atoms with E-state index >= 15 is 0 Å². The van der Waals surface area contributed by atoms with E-state index < -0.39 is 0 Å². The number of carbonyl (C=O) groups is 1. The maximum atomic E-state index is 10.3. The molecule has 3 nitrogen and oxygen atoms in total. The summed E-state index contributed by atoms with van der Waals surface area (Å²) in [7, 11) is 1.69. The predicted octanol–water partition coefficient (Wildman–Crippen LogP) is 0.647. The average Bonchev–Trinajstić information content (AvgIpc) is 2.46. The van der Waals surface area contributed by atoms with E-state index in [9.17, 15) is 4.79 Å². The first-order valence-electron chi connectivity index (χ1n) is 3.39. The number of hydrogen-bond acceptors (Lipinski definition) is 2. The van der Waals surface area contributed by atoms with Gasteiger partial charge in [-0.2, -0.15) is 0 Å². The van der Waals surface area contributed by atoms with Crippen molar-refractivity contribution in [2.75, 3.05) is 7.05 Å². The Balaban J connectivity index is 2.94. The van der Waals surface area contributed by atoms with Crippen molar-refractivity contribution >= 4 is 12.1 Å². The normalized spacial score (nSPS) is 23.6. The number of rotatable bonds is 1. The van der Waals surface area contributed by atoms with E-state index in [-0.39, 0.29) is 0 Å². The Labute approximate surface area is 65.5 Å². The zero-order valence-corrected chi connectivity index (χ0v) is 6.59. The van der Waals surface area contributed by atoms with Crippen LogP contribution in [0.1, 0.15) is 6.92 Å². The number of aliphatic imine (C=N–C) groups is 1. The van der Waals surface area contributed by atoms with Crippen LogP contribution in [-0.4, -0.2) is 19.2 Å². The zero-order valence-electron chi connectivity index (χ0n) is 6.59. The van der Waals surface area contributed by atoms with Crippen LogP contribution in [-0.2, 0) is 4.79 Å². The van der Waals surface area contributed by atoms with Gasteiger partial charge in [0.05, 0.1) is 5.70 Å². The van der Waals surface area contributed by atoms with Crippen molar-refractivity contribution in [3.63, 3.8) is 0 Å². The first-order valence-corrected chi connectivity index (χ1v) is 3.39. The Morgan fingerprint density at radius 1 is 1.64 bits per heavy atom. The van der Waals surface area contributed by atoms with Gasteiger partial charge in [0.2, 0.25) is 0 Å². The maximum absolute atomic E-state index is 10.3. The van der Waals surface area contributed by atoms with Crippen molar-refractivity contribution in [1.82, 2.24) is 5.32 Å². The van der Waals surface area contributed by atoms with Gasteiger partial charge < -0.3 is 5.32 Å². The molecular weight excluding hydrogens is 140 g/mol. The van der Waals surface area contributed by atoms with Crippen molar-refractivity contribution in [2.24, 2.45) is 4.99 Å². The van der Waals surface area contributed by atoms with Crippen LogP contribution in [0.4, 0.5) is 0 Å². The van der Waals surface area contributed by atoms with Crippen LogP contribution < -0.4 is 5.32 Å². The van der Waals surface area contributed by atoms with E-state index in [1.54, 1.807) is 13.1 Å². The standard InChI is InChI=1S/C8H10N2O/c1-3-6-4-7(5-11)10-8(6)9-2/h3-5H,1-2H3,(H,9,10)/b6-3-. The molecule has 0 bridgehead atoms. The number of hydrogen-bond donors (Lipinski definition) is 1. The second-order valence-corrected chi connectivity index (χ2v) is 2.16. The molecule has 0 aromatic heterocycles. The minimum Gasteiger partial charge on any atom is -0.337 e. The highest BCUT2D eigenvalue weighted by atomic mass is 16.1. The molecule has 1 heterocycles. The number of aldehydes is 1. The van der Waals surface area contributed by atoms with Crippen LogP contribution in [0.5, 0.6) is 0 Å². The molecule has 58 valence electrons. The Hall–Kier alpha value is -1.38. The lowest BCUT2D eigenvalue weighted by molar-refractivity contribution is -0.105. The fourth-order valence-electron chi connectivity index (χ4n) is 0.949. The molecule has 1 N–H and O–H groups in total. The van der Waals surface area contributed by atoms with E-state index in [1.807, 2.05) is 13.0 Å². The summed E-state index contributed by atoms with van der Waals surface area (Å²) in [5, 5.41) is 2.87. The molecule has 0 amide bonds. The lowest BCUT2D eigenvalue weighted by Crippen LogP contribution is -2.17. The third-order valence-corrected chi connectivity index (χ3v) is 1.51. The van der Waals surface area contributed by atoms with Gasteiger partial charge in [-0.05, 0) is 13.0 Å². The van der Waals surface area contributed by atoms with Crippen molar-refractivity contribution in [3.05, 3.63) is 23.4 Å². The molecule has 1 aliphatic rings. The van der Waals surface area contributed by atoms with Crippen LogP contribution in [0.25, 0.3) is 0 Å². The SMILES string of the molecule is C/C=C1/C=C(C=O)N/C1=N/C. The van der Waals surface area contributed by atoms with Crippen molar-refractivity contribution in [3.8, 4) is 0 Å². The van der Waals surface area contributed by atoms with Gasteiger partial charge in [0.15, 0.2) is 6.29 Å². The van der Waals surface area contributed by atoms with Gasteiger partial charge in [0, 0.05) is 12.6 Å². The molecular formula is C8H10N2O. The van der Waals surface area contributed by atoms with E-state index in [0.717, 1.165) is 17.7 Å². The Morgan fingerprint density at radius 3 is 2.73 bits per heavy atom. The molecule has 0 saturated carbocycles. The summed E-state index contributed by atoms with van der Waals surface area (Å²) in [6.45, 7) is 1.91. The summed E-state index contributed by atoms with van der Waals surface area (Å²) in [6.07, 6.45) is 4.46. The monoisotopic (exact) mass is 150 g/mol. The van der Waals surface area contributed by atoms with Crippen LogP contribution >= 0.6 is 0 Å². The second kappa shape index (κ2) is 3.14. The Kier molecular flexibility index (Phi) is 2.21. The fourth-order valence-corrected chi connectivity index (χ4v) is 0.949. The zero-order chi connectivity index (χ0) is 8.27. The lowest BCUT2D eigenvalue weighted by Gasteiger charge is -1.97. The largest absolute Gasteiger partial charge is 0.337 e. The summed E-state index contributed by atoms with van der Waals surface area (Å²) >= 11 is 0. The molecule has 0 aromatic carbocycles. The van der Waals surface area contributed by atoms with Gasteiger partial charge in [-0.25, -0.2) is 0 Å². The van der Waals surface area contributed by atoms with Gasteiger partial charge in [-0.1, -0.05) is 6.08 Å². The van der Waals surface area contributed by atoms with E-state index in [1.165, 1.54) is 0 Å². The molecule has 3 heteroatoms. The number of amidine groups is 1. The molecule has 0 unspecified atom stereocenters. The number of allylic oxidation sites excluding steroid dienone is 2. The minimum atomic E-state index is 0.568. The highest BCUT2D eigenvalue weighted by Gasteiger charge is 2.12. The van der Waals surface area contributed by atoms with Gasteiger partial charge >= 0.3 is 0 Å². The molecule has 0 radical (unpaired) electrons. The van der Waals surface area contributed by atoms with Crippen molar-refractivity contribution in [2.45, 2.75) is 6.92 Å². The van der Waals surface area contributed by atoms with Crippen LogP contribution in [0, 0.1) is 0 Å². The summed E-state index contributed by atoms with van der Waals surface area (Å²) in [5.41, 5.74) is 1.54. The van der Waals surface area contributed by atoms with Gasteiger partial charge in [0.25, 0.3) is 0 Å². The van der Waals surface area contributed by atoms with Crippen LogP contribution in [0.2, 0.25) is 0 Å². The molecule has 0 saturated heterocycles. The third-order valence-electron chi connectivity index (χ3n) is 1.51. The van der Waals surface area contributed by atoms with Gasteiger partial charge in [-0.3, -0.25) is 9.79 Å². The first-order chi connectivity index (χ1) is 5.31. The maximum Gasteiger partial charge on any atom is 0.166 e. The van der Waals surface area contributed by atoms with E-state index in [2.05, 4.69) is 10.3 Å². The summed E-state index contributed by atoms with van der Waals surface area (Å²) < 4.78 is 0. The molecule has 0 atom stereocenters. The lowest BCUT2D eigenvalue weighted by atomic mass is 10.2. The summed E-state index contributed by atoms with van der Waals surface area (Å²) in [5.74, 6) is 0.759. The molecule has 0 aromatic rings. The minimum absolute atomic E-state index is 0.568. The summed E-state index contributed by atoms with van der Waals surface area (Å²) in [6, 6.07) is 0. The average molecular weight is 150 g/mol. The number of carbonyl (C=O) groups excluding carboxylic acids is 1. The van der Waals surface area contributed by atoms with Crippen LogP contribution in [0.3, 0.4) is 0 Å². The Bertz CT molecular complexity index is 261. The molecule has 0 spiro atoms. The van der Waals surface area contributed by atoms with Crippen LogP contribution in [0.15, 0.2) is 28.4 Å². The van der Waals surface area contributed by atoms with Gasteiger partial charge in [-0.15, -0.1) is 0 Å². The molecule has 1 rings (SSSR count). The van der Waals surface area contributed by atoms with Crippen molar-refractivity contribution < 1.29 is 4.79 Å². The molecule has 1 aliphatic heterocycles. The smallest absolute Gasteiger partial charge is 0.166 e. The topological polar surface area (TPSA) is 41.5 Å². The third kappa shape index (κ3) is 1.37. The second-order valence-electron chi connectivity index (χ2n) is 2.16. The number of nitrogens with one attached hydrogen (secondary N) is 1.